The van der Waals surface area contributed by atoms with E-state index in [2.05, 4.69) is 38.6 Å². The maximum atomic E-state index is 5.10. The fourth-order valence-corrected chi connectivity index (χ4v) is 2.60. The highest BCUT2D eigenvalue weighted by Gasteiger charge is 2.31. The first-order valence-electron chi connectivity index (χ1n) is 5.96. The molecule has 1 aromatic rings. The highest BCUT2D eigenvalue weighted by atomic mass is 16.3. The van der Waals surface area contributed by atoms with Gasteiger partial charge in [-0.1, -0.05) is 38.2 Å². The first-order chi connectivity index (χ1) is 7.59. The number of furan rings is 1. The molecule has 0 fully saturated rings. The molecule has 1 aliphatic carbocycles. The molecule has 86 valence electrons. The summed E-state index contributed by atoms with van der Waals surface area (Å²) in [6.07, 6.45) is 11.4. The van der Waals surface area contributed by atoms with E-state index in [-0.39, 0.29) is 0 Å². The van der Waals surface area contributed by atoms with Crippen LogP contribution in [0.25, 0.3) is 0 Å². The fraction of sp³-hybridized carbons (Fsp3) is 0.467. The molecule has 1 aliphatic rings. The summed E-state index contributed by atoms with van der Waals surface area (Å²) in [4.78, 5) is 0. The maximum Gasteiger partial charge on any atom is 0.0934 e. The van der Waals surface area contributed by atoms with Crippen LogP contribution in [0.4, 0.5) is 0 Å². The largest absolute Gasteiger partial charge is 0.472 e. The van der Waals surface area contributed by atoms with Gasteiger partial charge in [-0.2, -0.15) is 0 Å². The van der Waals surface area contributed by atoms with Crippen molar-refractivity contribution >= 4 is 0 Å². The monoisotopic (exact) mass is 216 g/mol. The topological polar surface area (TPSA) is 13.1 Å². The van der Waals surface area contributed by atoms with Crippen LogP contribution in [0.15, 0.2) is 47.3 Å². The quantitative estimate of drug-likeness (QED) is 0.731. The Morgan fingerprint density at radius 2 is 2.31 bits per heavy atom. The van der Waals surface area contributed by atoms with Gasteiger partial charge in [0.2, 0.25) is 0 Å². The molecule has 0 bridgehead atoms. The zero-order valence-corrected chi connectivity index (χ0v) is 10.2. The molecule has 0 amide bonds. The molecule has 0 spiro atoms. The van der Waals surface area contributed by atoms with E-state index in [0.29, 0.717) is 11.3 Å². The Morgan fingerprint density at radius 1 is 1.50 bits per heavy atom. The summed E-state index contributed by atoms with van der Waals surface area (Å²) in [5.41, 5.74) is 2.91. The molecular formula is C15H20O. The van der Waals surface area contributed by atoms with Crippen LogP contribution < -0.4 is 0 Å². The van der Waals surface area contributed by atoms with E-state index in [1.165, 1.54) is 11.1 Å². The molecule has 1 unspecified atom stereocenters. The summed E-state index contributed by atoms with van der Waals surface area (Å²) < 4.78 is 5.10. The van der Waals surface area contributed by atoms with Gasteiger partial charge >= 0.3 is 0 Å². The lowest BCUT2D eigenvalue weighted by molar-refractivity contribution is 0.234. The highest BCUT2D eigenvalue weighted by molar-refractivity contribution is 5.25. The number of aryl methyl sites for hydroxylation is 1. The molecule has 0 aliphatic heterocycles. The SMILES string of the molecule is C=C1C=CCC(C)(C)C1CCc1ccoc1. The molecule has 0 saturated heterocycles. The Kier molecular flexibility index (Phi) is 3.04. The summed E-state index contributed by atoms with van der Waals surface area (Å²) in [6, 6.07) is 2.05. The lowest BCUT2D eigenvalue weighted by atomic mass is 9.68. The van der Waals surface area contributed by atoms with Gasteiger partial charge < -0.3 is 4.42 Å². The Balaban J connectivity index is 2.02. The zero-order chi connectivity index (χ0) is 11.6. The van der Waals surface area contributed by atoms with Crippen molar-refractivity contribution in [1.82, 2.24) is 0 Å². The van der Waals surface area contributed by atoms with Crippen LogP contribution in [0, 0.1) is 11.3 Å². The maximum absolute atomic E-state index is 5.10. The molecule has 1 aromatic heterocycles. The van der Waals surface area contributed by atoms with Gasteiger partial charge in [0.25, 0.3) is 0 Å². The second kappa shape index (κ2) is 4.32. The van der Waals surface area contributed by atoms with E-state index in [9.17, 15) is 0 Å². The normalized spacial score (nSPS) is 23.6. The van der Waals surface area contributed by atoms with Crippen LogP contribution >= 0.6 is 0 Å². The average Bonchev–Trinajstić information content (AvgIpc) is 2.68. The van der Waals surface area contributed by atoms with E-state index in [4.69, 9.17) is 4.42 Å². The molecule has 0 radical (unpaired) electrons. The van der Waals surface area contributed by atoms with Crippen molar-refractivity contribution in [3.05, 3.63) is 48.5 Å². The minimum atomic E-state index is 0.343. The van der Waals surface area contributed by atoms with Crippen molar-refractivity contribution in [3.8, 4) is 0 Å². The lowest BCUT2D eigenvalue weighted by Crippen LogP contribution is -2.27. The Labute approximate surface area is 97.9 Å². The third-order valence-electron chi connectivity index (χ3n) is 3.67. The first-order valence-corrected chi connectivity index (χ1v) is 5.96. The van der Waals surface area contributed by atoms with Gasteiger partial charge in [0.15, 0.2) is 0 Å². The van der Waals surface area contributed by atoms with Crippen molar-refractivity contribution in [2.24, 2.45) is 11.3 Å². The van der Waals surface area contributed by atoms with E-state index in [1.54, 1.807) is 6.26 Å². The summed E-state index contributed by atoms with van der Waals surface area (Å²) in [5, 5.41) is 0. The van der Waals surface area contributed by atoms with Gasteiger partial charge in [-0.25, -0.2) is 0 Å². The van der Waals surface area contributed by atoms with Crippen molar-refractivity contribution in [3.63, 3.8) is 0 Å². The molecule has 16 heavy (non-hydrogen) atoms. The van der Waals surface area contributed by atoms with Crippen molar-refractivity contribution in [2.45, 2.75) is 33.1 Å². The van der Waals surface area contributed by atoms with E-state index in [0.717, 1.165) is 19.3 Å². The van der Waals surface area contributed by atoms with Crippen molar-refractivity contribution in [1.29, 1.82) is 0 Å². The minimum absolute atomic E-state index is 0.343. The molecular weight excluding hydrogens is 196 g/mol. The predicted molar refractivity (Wildman–Crippen MR) is 67.2 cm³/mol. The average molecular weight is 216 g/mol. The summed E-state index contributed by atoms with van der Waals surface area (Å²) in [7, 11) is 0. The van der Waals surface area contributed by atoms with E-state index >= 15 is 0 Å². The number of hydrogen-bond acceptors (Lipinski definition) is 1. The highest BCUT2D eigenvalue weighted by Crippen LogP contribution is 2.42. The number of hydrogen-bond donors (Lipinski definition) is 0. The van der Waals surface area contributed by atoms with Crippen LogP contribution in [0.1, 0.15) is 32.3 Å². The van der Waals surface area contributed by atoms with Crippen molar-refractivity contribution < 1.29 is 4.42 Å². The molecule has 1 atom stereocenters. The molecule has 1 nitrogen and oxygen atoms in total. The molecule has 0 aromatic carbocycles. The third kappa shape index (κ3) is 2.29. The van der Waals surface area contributed by atoms with Gasteiger partial charge in [-0.3, -0.25) is 0 Å². The van der Waals surface area contributed by atoms with Crippen LogP contribution in [0.5, 0.6) is 0 Å². The summed E-state index contributed by atoms with van der Waals surface area (Å²) in [5.74, 6) is 0.590. The van der Waals surface area contributed by atoms with Gasteiger partial charge in [-0.05, 0) is 42.2 Å². The number of allylic oxidation sites excluding steroid dienone is 3. The Hall–Kier alpha value is -1.24. The van der Waals surface area contributed by atoms with Gasteiger partial charge in [-0.15, -0.1) is 0 Å². The standard InChI is InChI=1S/C15H20O/c1-12-5-4-9-15(2,3)14(12)7-6-13-8-10-16-11-13/h4-5,8,10-11,14H,1,6-7,9H2,2-3H3. The van der Waals surface area contributed by atoms with E-state index < -0.39 is 0 Å². The summed E-state index contributed by atoms with van der Waals surface area (Å²) >= 11 is 0. The minimum Gasteiger partial charge on any atom is -0.472 e. The van der Waals surface area contributed by atoms with Crippen molar-refractivity contribution in [2.75, 3.05) is 0 Å². The van der Waals surface area contributed by atoms with Crippen LogP contribution in [-0.2, 0) is 6.42 Å². The summed E-state index contributed by atoms with van der Waals surface area (Å²) in [6.45, 7) is 8.85. The molecule has 0 saturated carbocycles. The smallest absolute Gasteiger partial charge is 0.0934 e. The first kappa shape index (κ1) is 11.3. The Morgan fingerprint density at radius 3 is 2.94 bits per heavy atom. The Bertz CT molecular complexity index is 382. The second-order valence-corrected chi connectivity index (χ2v) is 5.39. The van der Waals surface area contributed by atoms with Gasteiger partial charge in [0, 0.05) is 0 Å². The third-order valence-corrected chi connectivity index (χ3v) is 3.67. The lowest BCUT2D eigenvalue weighted by Gasteiger charge is -2.37. The van der Waals surface area contributed by atoms with Crippen LogP contribution in [0.2, 0.25) is 0 Å². The van der Waals surface area contributed by atoms with Crippen LogP contribution in [0.3, 0.4) is 0 Å². The fourth-order valence-electron chi connectivity index (χ4n) is 2.60. The van der Waals surface area contributed by atoms with Crippen LogP contribution in [-0.4, -0.2) is 0 Å². The molecule has 1 heteroatoms. The zero-order valence-electron chi connectivity index (χ0n) is 10.2. The molecule has 1 heterocycles. The van der Waals surface area contributed by atoms with Gasteiger partial charge in [0.1, 0.15) is 0 Å². The predicted octanol–water partition coefficient (Wildman–Crippen LogP) is 4.37. The molecule has 0 N–H and O–H groups in total. The molecule has 2 rings (SSSR count). The van der Waals surface area contributed by atoms with Gasteiger partial charge in [0.05, 0.1) is 12.5 Å². The number of rotatable bonds is 3. The second-order valence-electron chi connectivity index (χ2n) is 5.39. The van der Waals surface area contributed by atoms with E-state index in [1.807, 2.05) is 6.26 Å².